The summed E-state index contributed by atoms with van der Waals surface area (Å²) in [6.45, 7) is 8.86. The van der Waals surface area contributed by atoms with Crippen molar-refractivity contribution < 1.29 is 28.6 Å². The molecule has 0 aliphatic carbocycles. The molecule has 0 spiro atoms. The number of nitrogens with one attached hydrogen (secondary N) is 2. The molecule has 0 aromatic carbocycles. The van der Waals surface area contributed by atoms with Crippen LogP contribution >= 0.6 is 0 Å². The second kappa shape index (κ2) is 9.99. The number of esters is 2. The lowest BCUT2D eigenvalue weighted by Crippen LogP contribution is -2.48. The van der Waals surface area contributed by atoms with E-state index in [2.05, 4.69) is 10.6 Å². The van der Waals surface area contributed by atoms with Crippen molar-refractivity contribution in [2.45, 2.75) is 46.3 Å². The van der Waals surface area contributed by atoms with E-state index in [-0.39, 0.29) is 13.2 Å². The van der Waals surface area contributed by atoms with Crippen molar-refractivity contribution in [1.82, 2.24) is 10.6 Å². The fraction of sp³-hybridized carbons (Fsp3) is 0.786. The maximum atomic E-state index is 11.9. The van der Waals surface area contributed by atoms with Gasteiger partial charge in [0, 0.05) is 13.5 Å². The summed E-state index contributed by atoms with van der Waals surface area (Å²) in [7, 11) is 0. The lowest BCUT2D eigenvalue weighted by atomic mass is 10.1. The Hall–Kier alpha value is -1.83. The fourth-order valence-electron chi connectivity index (χ4n) is 1.58. The zero-order chi connectivity index (χ0) is 17.2. The summed E-state index contributed by atoms with van der Waals surface area (Å²) in [6, 6.07) is 0. The van der Waals surface area contributed by atoms with Crippen molar-refractivity contribution in [3.05, 3.63) is 0 Å². The quantitative estimate of drug-likeness (QED) is 0.474. The molecule has 0 aliphatic heterocycles. The second-order valence-corrected chi connectivity index (χ2v) is 5.11. The first-order valence-electron chi connectivity index (χ1n) is 7.23. The summed E-state index contributed by atoms with van der Waals surface area (Å²) in [4.78, 5) is 34.2. The topological polar surface area (TPSA) is 103 Å². The van der Waals surface area contributed by atoms with E-state index in [4.69, 9.17) is 14.2 Å². The minimum Gasteiger partial charge on any atom is -0.460 e. The molecule has 0 rings (SSSR count). The molecule has 0 bridgehead atoms. The van der Waals surface area contributed by atoms with Crippen molar-refractivity contribution in [2.75, 3.05) is 26.3 Å². The van der Waals surface area contributed by atoms with Crippen molar-refractivity contribution in [1.29, 1.82) is 0 Å². The third kappa shape index (κ3) is 8.46. The van der Waals surface area contributed by atoms with Crippen LogP contribution in [-0.4, -0.2) is 56.0 Å². The number of ether oxygens (including phenoxy) is 3. The van der Waals surface area contributed by atoms with Crippen molar-refractivity contribution in [3.8, 4) is 0 Å². The highest BCUT2D eigenvalue weighted by Gasteiger charge is 2.29. The smallest absolute Gasteiger partial charge is 0.407 e. The third-order valence-electron chi connectivity index (χ3n) is 2.58. The fourth-order valence-corrected chi connectivity index (χ4v) is 1.58. The summed E-state index contributed by atoms with van der Waals surface area (Å²) >= 11 is 0. The van der Waals surface area contributed by atoms with Crippen molar-refractivity contribution in [3.63, 3.8) is 0 Å². The Bertz CT molecular complexity index is 384. The summed E-state index contributed by atoms with van der Waals surface area (Å²) in [6.07, 6.45) is -1.47. The van der Waals surface area contributed by atoms with Gasteiger partial charge in [-0.1, -0.05) is 6.92 Å². The summed E-state index contributed by atoms with van der Waals surface area (Å²) < 4.78 is 15.0. The molecule has 0 radical (unpaired) electrons. The van der Waals surface area contributed by atoms with Crippen LogP contribution in [-0.2, 0) is 23.8 Å². The SMILES string of the molecule is CCNC(=O)OCC(COC(=O)C(C)(C)NCC)OC(C)=O. The number of carbonyl (C=O) groups excluding carboxylic acids is 3. The highest BCUT2D eigenvalue weighted by Crippen LogP contribution is 2.06. The van der Waals surface area contributed by atoms with Gasteiger partial charge in [-0.2, -0.15) is 0 Å². The molecule has 0 saturated heterocycles. The highest BCUT2D eigenvalue weighted by atomic mass is 16.6. The first-order chi connectivity index (χ1) is 10.2. The van der Waals surface area contributed by atoms with Gasteiger partial charge in [0.05, 0.1) is 0 Å². The molecule has 2 N–H and O–H groups in total. The zero-order valence-electron chi connectivity index (χ0n) is 13.9. The van der Waals surface area contributed by atoms with Gasteiger partial charge in [0.2, 0.25) is 0 Å². The number of carbonyl (C=O) groups is 3. The number of rotatable bonds is 9. The van der Waals surface area contributed by atoms with E-state index in [1.807, 2.05) is 6.92 Å². The zero-order valence-corrected chi connectivity index (χ0v) is 13.9. The van der Waals surface area contributed by atoms with Gasteiger partial charge in [0.25, 0.3) is 0 Å². The predicted octanol–water partition coefficient (Wildman–Crippen LogP) is 0.595. The maximum absolute atomic E-state index is 11.9. The van der Waals surface area contributed by atoms with Gasteiger partial charge >= 0.3 is 18.0 Å². The van der Waals surface area contributed by atoms with Crippen LogP contribution in [0.5, 0.6) is 0 Å². The lowest BCUT2D eigenvalue weighted by Gasteiger charge is -2.25. The van der Waals surface area contributed by atoms with Gasteiger partial charge in [-0.05, 0) is 27.3 Å². The second-order valence-electron chi connectivity index (χ2n) is 5.11. The molecule has 8 heteroatoms. The van der Waals surface area contributed by atoms with E-state index in [9.17, 15) is 14.4 Å². The predicted molar refractivity (Wildman–Crippen MR) is 79.3 cm³/mol. The molecule has 0 fully saturated rings. The number of amides is 1. The van der Waals surface area contributed by atoms with Crippen LogP contribution in [0, 0.1) is 0 Å². The van der Waals surface area contributed by atoms with Crippen LogP contribution in [0.15, 0.2) is 0 Å². The van der Waals surface area contributed by atoms with Gasteiger partial charge in [-0.25, -0.2) is 4.79 Å². The molecule has 128 valence electrons. The van der Waals surface area contributed by atoms with Crippen LogP contribution in [0.4, 0.5) is 4.79 Å². The van der Waals surface area contributed by atoms with Gasteiger partial charge in [0.1, 0.15) is 18.8 Å². The summed E-state index contributed by atoms with van der Waals surface area (Å²) in [5, 5.41) is 5.42. The third-order valence-corrected chi connectivity index (χ3v) is 2.58. The van der Waals surface area contributed by atoms with Gasteiger partial charge in [0.15, 0.2) is 6.10 Å². The Morgan fingerprint density at radius 2 is 1.64 bits per heavy atom. The molecule has 1 amide bonds. The largest absolute Gasteiger partial charge is 0.460 e. The van der Waals surface area contributed by atoms with Crippen LogP contribution in [0.3, 0.4) is 0 Å². The molecule has 0 aromatic rings. The van der Waals surface area contributed by atoms with Gasteiger partial charge in [-0.15, -0.1) is 0 Å². The van der Waals surface area contributed by atoms with E-state index in [0.29, 0.717) is 13.1 Å². The van der Waals surface area contributed by atoms with Crippen LogP contribution in [0.25, 0.3) is 0 Å². The molecular formula is C14H26N2O6. The molecular weight excluding hydrogens is 292 g/mol. The first-order valence-corrected chi connectivity index (χ1v) is 7.23. The molecule has 0 heterocycles. The minimum absolute atomic E-state index is 0.188. The van der Waals surface area contributed by atoms with Crippen molar-refractivity contribution >= 4 is 18.0 Å². The highest BCUT2D eigenvalue weighted by molar-refractivity contribution is 5.79. The molecule has 1 unspecified atom stereocenters. The average Bonchev–Trinajstić information content (AvgIpc) is 2.41. The van der Waals surface area contributed by atoms with Gasteiger partial charge in [-0.3, -0.25) is 9.59 Å². The van der Waals surface area contributed by atoms with E-state index in [1.54, 1.807) is 20.8 Å². The normalized spacial score (nSPS) is 12.2. The standard InChI is InChI=1S/C14H26N2O6/c1-6-15-13(19)21-9-11(22-10(3)17)8-20-12(18)14(4,5)16-7-2/h11,16H,6-9H2,1-5H3,(H,15,19). The average molecular weight is 318 g/mol. The Balaban J connectivity index is 4.44. The number of hydrogen-bond acceptors (Lipinski definition) is 7. The Labute approximate surface area is 130 Å². The number of hydrogen-bond donors (Lipinski definition) is 2. The molecule has 8 nitrogen and oxygen atoms in total. The van der Waals surface area contributed by atoms with Crippen LogP contribution < -0.4 is 10.6 Å². The monoisotopic (exact) mass is 318 g/mol. The molecule has 0 aliphatic rings. The van der Waals surface area contributed by atoms with E-state index < -0.39 is 29.7 Å². The Morgan fingerprint density at radius 3 is 2.14 bits per heavy atom. The molecule has 1 atom stereocenters. The number of alkyl carbamates (subject to hydrolysis) is 1. The minimum atomic E-state index is -0.851. The summed E-state index contributed by atoms with van der Waals surface area (Å²) in [5.74, 6) is -1.03. The van der Waals surface area contributed by atoms with Crippen LogP contribution in [0.2, 0.25) is 0 Å². The van der Waals surface area contributed by atoms with Crippen LogP contribution in [0.1, 0.15) is 34.6 Å². The maximum Gasteiger partial charge on any atom is 0.407 e. The van der Waals surface area contributed by atoms with Gasteiger partial charge < -0.3 is 24.8 Å². The Morgan fingerprint density at radius 1 is 1.05 bits per heavy atom. The molecule has 22 heavy (non-hydrogen) atoms. The Kier molecular flexibility index (Phi) is 9.16. The molecule has 0 saturated carbocycles. The van der Waals surface area contributed by atoms with Crippen molar-refractivity contribution in [2.24, 2.45) is 0 Å². The van der Waals surface area contributed by atoms with E-state index in [1.165, 1.54) is 6.92 Å². The molecule has 0 aromatic heterocycles. The lowest BCUT2D eigenvalue weighted by molar-refractivity contribution is -0.163. The van der Waals surface area contributed by atoms with E-state index in [0.717, 1.165) is 0 Å². The van der Waals surface area contributed by atoms with E-state index >= 15 is 0 Å². The number of likely N-dealkylation sites (N-methyl/N-ethyl adjacent to an activating group) is 1. The summed E-state index contributed by atoms with van der Waals surface area (Å²) in [5.41, 5.74) is -0.851. The first kappa shape index (κ1) is 20.2.